The van der Waals surface area contributed by atoms with Crippen LogP contribution in [0.2, 0.25) is 0 Å². The van der Waals surface area contributed by atoms with Gasteiger partial charge in [-0.3, -0.25) is 10.1 Å². The predicted molar refractivity (Wildman–Crippen MR) is 64.3 cm³/mol. The van der Waals surface area contributed by atoms with Gasteiger partial charge in [-0.25, -0.2) is 4.39 Å². The van der Waals surface area contributed by atoms with Crippen molar-refractivity contribution in [1.82, 2.24) is 10.4 Å². The predicted octanol–water partition coefficient (Wildman–Crippen LogP) is 0.947. The minimum absolute atomic E-state index is 0.267. The van der Waals surface area contributed by atoms with Crippen LogP contribution >= 0.6 is 12.6 Å². The summed E-state index contributed by atoms with van der Waals surface area (Å²) in [4.78, 5) is 12.1. The van der Waals surface area contributed by atoms with E-state index in [1.165, 1.54) is 18.2 Å². The van der Waals surface area contributed by atoms with E-state index in [0.29, 0.717) is 11.3 Å². The number of rotatable bonds is 0. The van der Waals surface area contributed by atoms with E-state index in [9.17, 15) is 14.4 Å². The smallest absolute Gasteiger partial charge is 0.239 e. The molecule has 1 aromatic carbocycles. The highest BCUT2D eigenvalue weighted by Crippen LogP contribution is 2.42. The molecule has 1 aromatic rings. The van der Waals surface area contributed by atoms with Crippen LogP contribution in [0.1, 0.15) is 12.0 Å². The van der Waals surface area contributed by atoms with Crippen LogP contribution < -0.4 is 10.1 Å². The summed E-state index contributed by atoms with van der Waals surface area (Å²) in [5, 5.41) is 14.7. The molecular formula is C11H10FN2O3S-. The average Bonchev–Trinajstić information content (AvgIpc) is 2.56. The zero-order valence-electron chi connectivity index (χ0n) is 9.22. The van der Waals surface area contributed by atoms with Gasteiger partial charge in [0, 0.05) is 12.0 Å². The van der Waals surface area contributed by atoms with Crippen molar-refractivity contribution >= 4 is 18.5 Å². The number of amides is 1. The summed E-state index contributed by atoms with van der Waals surface area (Å²) in [6.07, 6.45) is 0.276. The molecule has 2 aliphatic heterocycles. The van der Waals surface area contributed by atoms with E-state index in [2.05, 4.69) is 17.9 Å². The number of halogens is 1. The van der Waals surface area contributed by atoms with Crippen LogP contribution in [0.25, 0.3) is 0 Å². The van der Waals surface area contributed by atoms with Gasteiger partial charge in [0.25, 0.3) is 0 Å². The average molecular weight is 269 g/mol. The van der Waals surface area contributed by atoms with E-state index in [0.717, 1.165) is 0 Å². The van der Waals surface area contributed by atoms with Crippen molar-refractivity contribution in [3.63, 3.8) is 0 Å². The van der Waals surface area contributed by atoms with E-state index >= 15 is 0 Å². The third-order valence-corrected chi connectivity index (χ3v) is 3.64. The van der Waals surface area contributed by atoms with Gasteiger partial charge in [-0.1, -0.05) is 0 Å². The molecule has 0 saturated carbocycles. The second-order valence-electron chi connectivity index (χ2n) is 4.29. The fourth-order valence-corrected chi connectivity index (χ4v) is 2.75. The van der Waals surface area contributed by atoms with E-state index < -0.39 is 22.8 Å². The molecule has 0 bridgehead atoms. The lowest BCUT2D eigenvalue weighted by Gasteiger charge is -2.34. The number of hydrogen-bond acceptors (Lipinski definition) is 5. The largest absolute Gasteiger partial charge is 0.754 e. The van der Waals surface area contributed by atoms with Crippen LogP contribution in [0, 0.1) is 11.0 Å². The first-order chi connectivity index (χ1) is 8.54. The Bertz CT molecular complexity index is 527. The highest BCUT2D eigenvalue weighted by molar-refractivity contribution is 7.80. The summed E-state index contributed by atoms with van der Waals surface area (Å²) in [5.74, 6) is -0.717. The minimum Gasteiger partial charge on any atom is -0.754 e. The topological polar surface area (TPSA) is 64.6 Å². The minimum atomic E-state index is -1.22. The number of benzene rings is 1. The normalized spacial score (nSPS) is 30.5. The van der Waals surface area contributed by atoms with Crippen LogP contribution in [0.15, 0.2) is 18.2 Å². The molecule has 96 valence electrons. The maximum Gasteiger partial charge on any atom is 0.239 e. The Balaban J connectivity index is 2.16. The van der Waals surface area contributed by atoms with Gasteiger partial charge in [-0.05, 0) is 18.2 Å². The molecule has 1 saturated heterocycles. The van der Waals surface area contributed by atoms with Crippen molar-refractivity contribution in [3.8, 4) is 5.75 Å². The molecule has 3 rings (SSSR count). The maximum absolute atomic E-state index is 13.3. The molecule has 2 aliphatic rings. The Kier molecular flexibility index (Phi) is 2.51. The Morgan fingerprint density at radius 2 is 2.39 bits per heavy atom. The number of nitrogens with zero attached hydrogens (tertiary/aromatic N) is 1. The SMILES string of the molecule is O=C1N([O-])C(S)NC12CCOc1ccc(F)cc12. The highest BCUT2D eigenvalue weighted by atomic mass is 32.1. The van der Waals surface area contributed by atoms with Crippen molar-refractivity contribution in [2.45, 2.75) is 17.5 Å². The second-order valence-corrected chi connectivity index (χ2v) is 4.78. The van der Waals surface area contributed by atoms with Gasteiger partial charge in [-0.2, -0.15) is 0 Å². The van der Waals surface area contributed by atoms with Crippen molar-refractivity contribution in [3.05, 3.63) is 34.8 Å². The molecule has 2 unspecified atom stereocenters. The Morgan fingerprint density at radius 3 is 3.06 bits per heavy atom. The van der Waals surface area contributed by atoms with Crippen LogP contribution in [0.5, 0.6) is 5.75 Å². The molecule has 1 spiro atoms. The first-order valence-corrected chi connectivity index (χ1v) is 5.96. The Morgan fingerprint density at radius 1 is 1.61 bits per heavy atom. The van der Waals surface area contributed by atoms with Gasteiger partial charge < -0.3 is 15.0 Å². The quantitative estimate of drug-likeness (QED) is 0.688. The zero-order chi connectivity index (χ0) is 12.9. The van der Waals surface area contributed by atoms with Crippen LogP contribution in [0.3, 0.4) is 0 Å². The fourth-order valence-electron chi connectivity index (χ4n) is 2.42. The molecule has 0 radical (unpaired) electrons. The number of fused-ring (bicyclic) bond motifs is 2. The van der Waals surface area contributed by atoms with E-state index in [1.807, 2.05) is 0 Å². The molecule has 0 aromatic heterocycles. The van der Waals surface area contributed by atoms with Gasteiger partial charge in [-0.15, -0.1) is 12.6 Å². The summed E-state index contributed by atoms with van der Waals surface area (Å²) in [6.45, 7) is 0.283. The zero-order valence-corrected chi connectivity index (χ0v) is 10.1. The van der Waals surface area contributed by atoms with Gasteiger partial charge in [0.05, 0.1) is 6.61 Å². The number of nitrogens with one attached hydrogen (secondary N) is 1. The monoisotopic (exact) mass is 269 g/mol. The summed E-state index contributed by atoms with van der Waals surface area (Å²) in [5.41, 5.74) is -1.79. The second kappa shape index (κ2) is 3.84. The van der Waals surface area contributed by atoms with Crippen LogP contribution in [-0.4, -0.2) is 23.1 Å². The molecule has 1 amide bonds. The molecule has 18 heavy (non-hydrogen) atoms. The molecule has 1 N–H and O–H groups in total. The fraction of sp³-hybridized carbons (Fsp3) is 0.364. The molecule has 1 fully saturated rings. The number of thiol groups is 1. The standard InChI is InChI=1S/C11H10FN2O3S/c12-6-1-2-8-7(5-6)11(3-4-17-8)9(15)14(16)10(18)13-11/h1-2,5,10,13,18H,3-4H2/q-1. The number of carbonyl (C=O) groups excluding carboxylic acids is 1. The molecular weight excluding hydrogens is 259 g/mol. The maximum atomic E-state index is 13.3. The van der Waals surface area contributed by atoms with E-state index in [1.54, 1.807) is 0 Å². The number of hydrogen-bond donors (Lipinski definition) is 2. The molecule has 0 aliphatic carbocycles. The molecule has 2 atom stereocenters. The summed E-state index contributed by atoms with van der Waals surface area (Å²) < 4.78 is 18.7. The Hall–Kier alpha value is -1.31. The number of ether oxygens (including phenoxy) is 1. The third kappa shape index (κ3) is 1.44. The van der Waals surface area contributed by atoms with E-state index in [-0.39, 0.29) is 18.1 Å². The number of hydroxylamine groups is 2. The van der Waals surface area contributed by atoms with Crippen LogP contribution in [-0.2, 0) is 10.3 Å². The first kappa shape index (κ1) is 11.8. The lowest BCUT2D eigenvalue weighted by Crippen LogP contribution is -2.47. The summed E-state index contributed by atoms with van der Waals surface area (Å²) in [6, 6.07) is 3.94. The van der Waals surface area contributed by atoms with Crippen molar-refractivity contribution < 1.29 is 13.9 Å². The Labute approximate surface area is 108 Å². The molecule has 7 heteroatoms. The van der Waals surface area contributed by atoms with Crippen molar-refractivity contribution in [1.29, 1.82) is 0 Å². The third-order valence-electron chi connectivity index (χ3n) is 3.30. The van der Waals surface area contributed by atoms with Gasteiger partial charge in [0.1, 0.15) is 22.6 Å². The number of carbonyl (C=O) groups is 1. The van der Waals surface area contributed by atoms with E-state index in [4.69, 9.17) is 4.74 Å². The first-order valence-electron chi connectivity index (χ1n) is 5.44. The highest BCUT2D eigenvalue weighted by Gasteiger charge is 2.51. The van der Waals surface area contributed by atoms with Gasteiger partial charge in [0.2, 0.25) is 5.91 Å². The van der Waals surface area contributed by atoms with Crippen LogP contribution in [0.4, 0.5) is 4.39 Å². The molecule has 5 nitrogen and oxygen atoms in total. The summed E-state index contributed by atoms with van der Waals surface area (Å²) in [7, 11) is 0. The summed E-state index contributed by atoms with van der Waals surface area (Å²) >= 11 is 4.00. The van der Waals surface area contributed by atoms with Crippen molar-refractivity contribution in [2.24, 2.45) is 0 Å². The lowest BCUT2D eigenvalue weighted by atomic mass is 9.84. The lowest BCUT2D eigenvalue weighted by molar-refractivity contribution is -0.131. The van der Waals surface area contributed by atoms with Gasteiger partial charge >= 0.3 is 0 Å². The van der Waals surface area contributed by atoms with Crippen molar-refractivity contribution in [2.75, 3.05) is 6.61 Å². The van der Waals surface area contributed by atoms with Gasteiger partial charge in [0.15, 0.2) is 0 Å². The molecule has 2 heterocycles.